The minimum absolute atomic E-state index is 0.350. The van der Waals surface area contributed by atoms with Crippen LogP contribution in [0.1, 0.15) is 0 Å². The SMILES string of the molecule is Clc1ccc(Cl)c(-c2ccc(-c3c(Cl)ccc(Cl)c3Cl)nc2)c1Cl. The topological polar surface area (TPSA) is 12.9 Å². The molecule has 0 radical (unpaired) electrons. The van der Waals surface area contributed by atoms with E-state index >= 15 is 0 Å². The highest BCUT2D eigenvalue weighted by Gasteiger charge is 2.15. The molecule has 0 aliphatic rings. The molecule has 2 aromatic carbocycles. The van der Waals surface area contributed by atoms with Crippen LogP contribution in [0.5, 0.6) is 0 Å². The summed E-state index contributed by atoms with van der Waals surface area (Å²) in [5, 5.41) is 2.49. The Bertz CT molecular complexity index is 845. The smallest absolute Gasteiger partial charge is 0.0732 e. The molecule has 3 aromatic rings. The van der Waals surface area contributed by atoms with Crippen molar-refractivity contribution in [3.05, 3.63) is 72.7 Å². The summed E-state index contributed by atoms with van der Waals surface area (Å²) in [6.45, 7) is 0. The summed E-state index contributed by atoms with van der Waals surface area (Å²) < 4.78 is 0. The molecule has 0 aliphatic carbocycles. The number of pyridine rings is 1. The zero-order valence-electron chi connectivity index (χ0n) is 11.8. The van der Waals surface area contributed by atoms with E-state index in [2.05, 4.69) is 4.98 Å². The fourth-order valence-corrected chi connectivity index (χ4v) is 3.71. The zero-order chi connectivity index (χ0) is 17.4. The van der Waals surface area contributed by atoms with Gasteiger partial charge in [0.05, 0.1) is 35.8 Å². The summed E-state index contributed by atoms with van der Waals surface area (Å²) in [5.74, 6) is 0. The molecule has 1 aromatic heterocycles. The van der Waals surface area contributed by atoms with Crippen LogP contribution in [0.25, 0.3) is 22.4 Å². The van der Waals surface area contributed by atoms with Crippen molar-refractivity contribution >= 4 is 69.6 Å². The van der Waals surface area contributed by atoms with Gasteiger partial charge < -0.3 is 0 Å². The Morgan fingerprint density at radius 2 is 1.04 bits per heavy atom. The molecule has 0 bridgehead atoms. The van der Waals surface area contributed by atoms with Crippen molar-refractivity contribution in [1.82, 2.24) is 4.98 Å². The Morgan fingerprint density at radius 3 is 1.58 bits per heavy atom. The number of hydrogen-bond donors (Lipinski definition) is 0. The Kier molecular flexibility index (Phi) is 5.51. The molecule has 0 aliphatic heterocycles. The number of hydrogen-bond acceptors (Lipinski definition) is 1. The second-order valence-corrected chi connectivity index (χ2v) is 7.25. The fourth-order valence-electron chi connectivity index (χ4n) is 2.24. The van der Waals surface area contributed by atoms with Crippen LogP contribution in [0.2, 0.25) is 30.1 Å². The van der Waals surface area contributed by atoms with Crippen LogP contribution >= 0.6 is 69.6 Å². The first-order valence-corrected chi connectivity index (χ1v) is 8.90. The van der Waals surface area contributed by atoms with Crippen molar-refractivity contribution in [2.75, 3.05) is 0 Å². The molecular formula is C17H7Cl6N. The first kappa shape index (κ1) is 18.1. The van der Waals surface area contributed by atoms with Crippen LogP contribution in [0.15, 0.2) is 42.6 Å². The third-order valence-electron chi connectivity index (χ3n) is 3.40. The quantitative estimate of drug-likeness (QED) is 0.367. The van der Waals surface area contributed by atoms with E-state index in [-0.39, 0.29) is 0 Å². The molecule has 1 heterocycles. The maximum atomic E-state index is 6.26. The van der Waals surface area contributed by atoms with Crippen LogP contribution < -0.4 is 0 Å². The summed E-state index contributed by atoms with van der Waals surface area (Å²) >= 11 is 37.1. The van der Waals surface area contributed by atoms with Crippen molar-refractivity contribution in [3.8, 4) is 22.4 Å². The average molecular weight is 438 g/mol. The molecule has 0 saturated carbocycles. The Balaban J connectivity index is 2.11. The van der Waals surface area contributed by atoms with Gasteiger partial charge in [-0.25, -0.2) is 0 Å². The van der Waals surface area contributed by atoms with E-state index in [1.54, 1.807) is 36.5 Å². The molecule has 1 nitrogen and oxygen atoms in total. The van der Waals surface area contributed by atoms with Gasteiger partial charge in [-0.2, -0.15) is 0 Å². The molecule has 0 saturated heterocycles. The summed E-state index contributed by atoms with van der Waals surface area (Å²) in [6.07, 6.45) is 1.63. The van der Waals surface area contributed by atoms with E-state index in [4.69, 9.17) is 69.6 Å². The van der Waals surface area contributed by atoms with Crippen LogP contribution in [0, 0.1) is 0 Å². The van der Waals surface area contributed by atoms with E-state index in [0.29, 0.717) is 47.0 Å². The van der Waals surface area contributed by atoms with Gasteiger partial charge in [0.1, 0.15) is 0 Å². The Morgan fingerprint density at radius 1 is 0.542 bits per heavy atom. The number of nitrogens with zero attached hydrogens (tertiary/aromatic N) is 1. The average Bonchev–Trinajstić information content (AvgIpc) is 2.57. The van der Waals surface area contributed by atoms with E-state index < -0.39 is 0 Å². The minimum Gasteiger partial charge on any atom is -0.256 e. The molecule has 0 amide bonds. The second kappa shape index (κ2) is 7.29. The molecule has 24 heavy (non-hydrogen) atoms. The normalized spacial score (nSPS) is 10.9. The predicted molar refractivity (Wildman–Crippen MR) is 105 cm³/mol. The lowest BCUT2D eigenvalue weighted by Gasteiger charge is -2.11. The van der Waals surface area contributed by atoms with Gasteiger partial charge in [-0.15, -0.1) is 0 Å². The Labute approximate surface area is 169 Å². The number of rotatable bonds is 2. The summed E-state index contributed by atoms with van der Waals surface area (Å²) in [7, 11) is 0. The summed E-state index contributed by atoms with van der Waals surface area (Å²) in [4.78, 5) is 4.41. The standard InChI is InChI=1S/C17H7Cl6N/c18-9-2-4-11(20)16(22)14(9)8-1-6-13(24-7-8)15-10(19)3-5-12(21)17(15)23/h1-7H. The van der Waals surface area contributed by atoms with Gasteiger partial charge in [-0.1, -0.05) is 75.7 Å². The van der Waals surface area contributed by atoms with Gasteiger partial charge >= 0.3 is 0 Å². The van der Waals surface area contributed by atoms with Gasteiger partial charge in [-0.05, 0) is 30.3 Å². The minimum atomic E-state index is 0.350. The summed E-state index contributed by atoms with van der Waals surface area (Å²) in [6, 6.07) is 10.2. The molecule has 3 rings (SSSR count). The third-order valence-corrected chi connectivity index (χ3v) is 5.63. The van der Waals surface area contributed by atoms with Crippen LogP contribution in [0.4, 0.5) is 0 Å². The van der Waals surface area contributed by atoms with Crippen molar-refractivity contribution in [3.63, 3.8) is 0 Å². The molecule has 0 atom stereocenters. The number of aromatic nitrogens is 1. The fraction of sp³-hybridized carbons (Fsp3) is 0. The van der Waals surface area contributed by atoms with Crippen LogP contribution in [-0.4, -0.2) is 4.98 Å². The highest BCUT2D eigenvalue weighted by atomic mass is 35.5. The molecule has 0 unspecified atom stereocenters. The summed E-state index contributed by atoms with van der Waals surface area (Å²) in [5.41, 5.74) is 2.50. The zero-order valence-corrected chi connectivity index (χ0v) is 16.3. The van der Waals surface area contributed by atoms with Crippen molar-refractivity contribution in [1.29, 1.82) is 0 Å². The monoisotopic (exact) mass is 435 g/mol. The highest BCUT2D eigenvalue weighted by molar-refractivity contribution is 6.46. The lowest BCUT2D eigenvalue weighted by molar-refractivity contribution is 1.32. The van der Waals surface area contributed by atoms with Gasteiger partial charge in [0.2, 0.25) is 0 Å². The van der Waals surface area contributed by atoms with Gasteiger partial charge in [0.15, 0.2) is 0 Å². The predicted octanol–water partition coefficient (Wildman–Crippen LogP) is 8.34. The van der Waals surface area contributed by atoms with E-state index in [1.807, 2.05) is 6.07 Å². The molecule has 0 fully saturated rings. The lowest BCUT2D eigenvalue weighted by Crippen LogP contribution is -1.89. The number of halogens is 6. The first-order valence-electron chi connectivity index (χ1n) is 6.64. The lowest BCUT2D eigenvalue weighted by atomic mass is 10.1. The van der Waals surface area contributed by atoms with E-state index in [9.17, 15) is 0 Å². The van der Waals surface area contributed by atoms with Crippen LogP contribution in [0.3, 0.4) is 0 Å². The largest absolute Gasteiger partial charge is 0.256 e. The van der Waals surface area contributed by atoms with Gasteiger partial charge in [0.25, 0.3) is 0 Å². The van der Waals surface area contributed by atoms with E-state index in [0.717, 1.165) is 5.56 Å². The maximum absolute atomic E-state index is 6.26. The number of benzene rings is 2. The van der Waals surface area contributed by atoms with Crippen molar-refractivity contribution in [2.45, 2.75) is 0 Å². The second-order valence-electron chi connectivity index (χ2n) is 4.87. The molecular weight excluding hydrogens is 431 g/mol. The van der Waals surface area contributed by atoms with Crippen molar-refractivity contribution < 1.29 is 0 Å². The molecule has 122 valence electrons. The van der Waals surface area contributed by atoms with Crippen molar-refractivity contribution in [2.24, 2.45) is 0 Å². The first-order chi connectivity index (χ1) is 11.4. The third kappa shape index (κ3) is 3.35. The molecule has 7 heteroatoms. The maximum Gasteiger partial charge on any atom is 0.0732 e. The Hall–Kier alpha value is -0.670. The van der Waals surface area contributed by atoms with Crippen LogP contribution in [-0.2, 0) is 0 Å². The highest BCUT2D eigenvalue weighted by Crippen LogP contribution is 2.41. The van der Waals surface area contributed by atoms with Gasteiger partial charge in [-0.3, -0.25) is 4.98 Å². The molecule has 0 N–H and O–H groups in total. The van der Waals surface area contributed by atoms with Gasteiger partial charge in [0, 0.05) is 22.9 Å². The molecule has 0 spiro atoms. The van der Waals surface area contributed by atoms with E-state index in [1.165, 1.54) is 0 Å².